The Morgan fingerprint density at radius 1 is 0.921 bits per heavy atom. The minimum atomic E-state index is -5.13. The van der Waals surface area contributed by atoms with Gasteiger partial charge in [0.1, 0.15) is 57.3 Å². The zero-order valence-electron chi connectivity index (χ0n) is 36.3. The van der Waals surface area contributed by atoms with Crippen molar-refractivity contribution in [1.29, 1.82) is 0 Å². The summed E-state index contributed by atoms with van der Waals surface area (Å²) in [6.45, 7) is 8.67. The number of rotatable bonds is 10. The summed E-state index contributed by atoms with van der Waals surface area (Å²) in [6.07, 6.45) is -3.16. The van der Waals surface area contributed by atoms with Gasteiger partial charge in [-0.2, -0.15) is 24.9 Å². The van der Waals surface area contributed by atoms with Gasteiger partial charge < -0.3 is 28.7 Å². The summed E-state index contributed by atoms with van der Waals surface area (Å²) in [4.78, 5) is 33.1. The van der Waals surface area contributed by atoms with Gasteiger partial charge in [-0.15, -0.1) is 0 Å². The quantitative estimate of drug-likeness (QED) is 0.125. The van der Waals surface area contributed by atoms with E-state index in [4.69, 9.17) is 23.9 Å². The zero-order valence-corrected chi connectivity index (χ0v) is 37.1. The molecule has 0 radical (unpaired) electrons. The van der Waals surface area contributed by atoms with Crippen LogP contribution in [0.3, 0.4) is 0 Å². The lowest BCUT2D eigenvalue weighted by Gasteiger charge is -2.48. The Hall–Kier alpha value is -5.58. The Balaban J connectivity index is 1.31. The van der Waals surface area contributed by atoms with Crippen molar-refractivity contribution >= 4 is 40.3 Å². The molecule has 1 amide bonds. The maximum atomic E-state index is 17.6. The number of anilines is 2. The van der Waals surface area contributed by atoms with Crippen molar-refractivity contribution in [3.63, 3.8) is 0 Å². The molecule has 3 aliphatic heterocycles. The number of fused-ring (bicyclic) bond motifs is 5. The highest BCUT2D eigenvalue weighted by atomic mass is 32.2. The molecule has 0 spiro atoms. The number of carbonyl (C=O) groups excluding carboxylic acids is 1. The molecule has 5 aromatic rings. The van der Waals surface area contributed by atoms with Crippen molar-refractivity contribution in [2.75, 3.05) is 36.8 Å². The number of hydrogen-bond donors (Lipinski definition) is 0. The van der Waals surface area contributed by atoms with E-state index in [-0.39, 0.29) is 59.2 Å². The molecule has 0 saturated carbocycles. The number of thioether (sulfide) groups is 1. The number of pyridine rings is 1. The summed E-state index contributed by atoms with van der Waals surface area (Å²) in [7, 11) is 3.05. The van der Waals surface area contributed by atoms with Crippen molar-refractivity contribution < 1.29 is 45.7 Å². The van der Waals surface area contributed by atoms with Crippen LogP contribution in [0.5, 0.6) is 17.4 Å². The largest absolute Gasteiger partial charge is 0.497 e. The van der Waals surface area contributed by atoms with E-state index in [0.717, 1.165) is 13.0 Å². The maximum Gasteiger partial charge on any atom is 0.417 e. The summed E-state index contributed by atoms with van der Waals surface area (Å²) in [5.41, 5.74) is -3.29. The topological polar surface area (TPSA) is 102 Å². The summed E-state index contributed by atoms with van der Waals surface area (Å²) >= 11 is 1.40. The molecule has 334 valence electrons. The molecular formula is C46H49F5N6O5S. The van der Waals surface area contributed by atoms with Crippen molar-refractivity contribution in [3.8, 4) is 28.6 Å². The molecule has 63 heavy (non-hydrogen) atoms. The first-order chi connectivity index (χ1) is 29.9. The monoisotopic (exact) mass is 892 g/mol. The number of methoxy groups -OCH3 is 2. The standard InChI is InChI=1S/C46H49F5N6O5S/c1-24-36(46(49,50)51)31(19-33(37(24)47)55(20-26-9-14-29(59-6)15-10-26)21-27-11-16-30(60-7)17-12-27)39-38(48)40-35-42(53-34(52-40)23-63-8)56-22-28-13-18-32(41(56)25(2)61-43(35)54-39)57(28)44(58)62-45(3,4)5/h9-12,14-17,19,25,28,32,41H,13,18,20-23H2,1-8H3/t25-,28+,32-,41+/m0/s1. The van der Waals surface area contributed by atoms with Gasteiger partial charge in [-0.05, 0) is 101 Å². The SMILES string of the molecule is COc1ccc(CN(Cc2ccc(OC)cc2)c2cc(-c3nc4c5c(nc(CSC)nc5c3F)N3C[C@H]5CC[C@@H]([C@H]3[C@H](C)O4)N5C(=O)OC(C)(C)C)c(C(F)(F)F)c(C)c2F)cc1. The number of benzene rings is 3. The van der Waals surface area contributed by atoms with E-state index in [0.29, 0.717) is 47.8 Å². The number of halogens is 5. The van der Waals surface area contributed by atoms with Gasteiger partial charge in [-0.1, -0.05) is 24.3 Å². The first-order valence-corrected chi connectivity index (χ1v) is 22.0. The van der Waals surface area contributed by atoms with Crippen LogP contribution in [0.1, 0.15) is 68.6 Å². The minimum absolute atomic E-state index is 0.0605. The number of hydrogen-bond acceptors (Lipinski definition) is 11. The van der Waals surface area contributed by atoms with Crippen LogP contribution in [0.4, 0.5) is 38.3 Å². The minimum Gasteiger partial charge on any atom is -0.497 e. The molecule has 0 N–H and O–H groups in total. The average Bonchev–Trinajstić information content (AvgIpc) is 3.48. The van der Waals surface area contributed by atoms with Gasteiger partial charge in [-0.25, -0.2) is 28.5 Å². The Morgan fingerprint density at radius 2 is 1.54 bits per heavy atom. The van der Waals surface area contributed by atoms with Crippen LogP contribution < -0.4 is 24.0 Å². The van der Waals surface area contributed by atoms with E-state index in [1.165, 1.54) is 26.0 Å². The average molecular weight is 893 g/mol. The highest BCUT2D eigenvalue weighted by molar-refractivity contribution is 7.97. The van der Waals surface area contributed by atoms with Crippen LogP contribution in [-0.4, -0.2) is 82.8 Å². The number of piperazine rings is 1. The van der Waals surface area contributed by atoms with Gasteiger partial charge in [0, 0.05) is 25.2 Å². The second kappa shape index (κ2) is 16.8. The molecular weight excluding hydrogens is 844 g/mol. The highest BCUT2D eigenvalue weighted by Crippen LogP contribution is 2.49. The number of alkyl halides is 3. The first kappa shape index (κ1) is 44.0. The molecule has 8 rings (SSSR count). The normalized spacial score (nSPS) is 19.4. The lowest BCUT2D eigenvalue weighted by molar-refractivity contribution is -0.137. The third kappa shape index (κ3) is 8.35. The highest BCUT2D eigenvalue weighted by Gasteiger charge is 2.54. The third-order valence-corrected chi connectivity index (χ3v) is 12.4. The van der Waals surface area contributed by atoms with Crippen LogP contribution in [0.25, 0.3) is 22.2 Å². The fourth-order valence-corrected chi connectivity index (χ4v) is 9.53. The molecule has 2 saturated heterocycles. The second-order valence-corrected chi connectivity index (χ2v) is 18.0. The van der Waals surface area contributed by atoms with Crippen molar-refractivity contribution in [3.05, 3.63) is 94.3 Å². The Bertz CT molecular complexity index is 2490. The van der Waals surface area contributed by atoms with Gasteiger partial charge in [0.05, 0.1) is 49.3 Å². The lowest BCUT2D eigenvalue weighted by Crippen LogP contribution is -2.65. The maximum absolute atomic E-state index is 17.6. The molecule has 2 bridgehead atoms. The van der Waals surface area contributed by atoms with E-state index in [9.17, 15) is 4.79 Å². The summed E-state index contributed by atoms with van der Waals surface area (Å²) in [5.74, 6) is -0.410. The van der Waals surface area contributed by atoms with Crippen LogP contribution in [0.15, 0.2) is 54.6 Å². The Morgan fingerprint density at radius 3 is 2.10 bits per heavy atom. The van der Waals surface area contributed by atoms with E-state index in [1.807, 2.05) is 11.2 Å². The summed E-state index contributed by atoms with van der Waals surface area (Å²) in [6, 6.07) is 13.9. The zero-order chi connectivity index (χ0) is 45.1. The van der Waals surface area contributed by atoms with Crippen LogP contribution in [0.2, 0.25) is 0 Å². The Kier molecular flexibility index (Phi) is 11.8. The number of amides is 1. The molecule has 0 unspecified atom stereocenters. The third-order valence-electron chi connectivity index (χ3n) is 11.8. The Labute approximate surface area is 366 Å². The van der Waals surface area contributed by atoms with E-state index in [1.54, 1.807) is 86.0 Å². The molecule has 17 heteroatoms. The number of aromatic nitrogens is 3. The van der Waals surface area contributed by atoms with E-state index in [2.05, 4.69) is 9.97 Å². The van der Waals surface area contributed by atoms with Crippen molar-refractivity contribution in [1.82, 2.24) is 19.9 Å². The lowest BCUT2D eigenvalue weighted by atomic mass is 9.95. The molecule has 3 aromatic carbocycles. The molecule has 2 fully saturated rings. The molecule has 4 atom stereocenters. The predicted molar refractivity (Wildman–Crippen MR) is 232 cm³/mol. The molecule has 5 heterocycles. The fourth-order valence-electron chi connectivity index (χ4n) is 9.14. The number of carbonyl (C=O) groups is 1. The van der Waals surface area contributed by atoms with E-state index < -0.39 is 64.0 Å². The smallest absolute Gasteiger partial charge is 0.417 e. The number of ether oxygens (including phenoxy) is 4. The predicted octanol–water partition coefficient (Wildman–Crippen LogP) is 10.1. The summed E-state index contributed by atoms with van der Waals surface area (Å²) < 4.78 is 104. The molecule has 11 nitrogen and oxygen atoms in total. The van der Waals surface area contributed by atoms with Gasteiger partial charge in [0.2, 0.25) is 5.88 Å². The first-order valence-electron chi connectivity index (χ1n) is 20.7. The number of nitrogens with zero attached hydrogens (tertiary/aromatic N) is 6. The second-order valence-electron chi connectivity index (χ2n) is 17.2. The molecule has 0 aliphatic carbocycles. The van der Waals surface area contributed by atoms with Gasteiger partial charge >= 0.3 is 12.3 Å². The molecule has 2 aromatic heterocycles. The molecule has 3 aliphatic rings. The van der Waals surface area contributed by atoms with E-state index >= 15 is 22.0 Å². The van der Waals surface area contributed by atoms with Crippen LogP contribution >= 0.6 is 11.8 Å². The fraction of sp³-hybridized carbons (Fsp3) is 0.435. The summed E-state index contributed by atoms with van der Waals surface area (Å²) in [5, 5.41) is 0.105. The van der Waals surface area contributed by atoms with Crippen LogP contribution in [0, 0.1) is 18.6 Å². The van der Waals surface area contributed by atoms with Crippen molar-refractivity contribution in [2.24, 2.45) is 0 Å². The van der Waals surface area contributed by atoms with Crippen molar-refractivity contribution in [2.45, 2.75) is 102 Å². The van der Waals surface area contributed by atoms with Crippen LogP contribution in [-0.2, 0) is 29.8 Å². The van der Waals surface area contributed by atoms with Gasteiger partial charge in [0.15, 0.2) is 5.82 Å². The van der Waals surface area contributed by atoms with Gasteiger partial charge in [-0.3, -0.25) is 4.90 Å². The van der Waals surface area contributed by atoms with Gasteiger partial charge in [0.25, 0.3) is 0 Å².